The van der Waals surface area contributed by atoms with Crippen LogP contribution < -0.4 is 5.32 Å². The zero-order valence-electron chi connectivity index (χ0n) is 10.7. The number of aliphatic carboxylic acids is 1. The minimum atomic E-state index is -0.932. The van der Waals surface area contributed by atoms with Crippen LogP contribution in [0.25, 0.3) is 0 Å². The Morgan fingerprint density at radius 3 is 2.67 bits per heavy atom. The van der Waals surface area contributed by atoms with Crippen LogP contribution in [0.15, 0.2) is 24.3 Å². The Morgan fingerprint density at radius 1 is 1.33 bits per heavy atom. The standard InChI is InChI=1S/C13H19NO4/c1-17-8-7-10-5-3-4-6-11(10)14-12(9-18-2)13(15)16/h3-6,12,14H,7-9H2,1-2H3,(H,15,16). The molecule has 2 N–H and O–H groups in total. The molecule has 0 aliphatic rings. The first-order valence-corrected chi connectivity index (χ1v) is 5.74. The number of nitrogens with one attached hydrogen (secondary N) is 1. The predicted octanol–water partition coefficient (Wildman–Crippen LogP) is 1.39. The fourth-order valence-corrected chi connectivity index (χ4v) is 1.62. The molecule has 0 heterocycles. The molecular weight excluding hydrogens is 234 g/mol. The van der Waals surface area contributed by atoms with Crippen molar-refractivity contribution in [2.45, 2.75) is 12.5 Å². The average molecular weight is 253 g/mol. The van der Waals surface area contributed by atoms with Crippen LogP contribution in [0.5, 0.6) is 0 Å². The Kier molecular flexibility index (Phi) is 6.18. The van der Waals surface area contributed by atoms with Gasteiger partial charge in [-0.2, -0.15) is 0 Å². The van der Waals surface area contributed by atoms with Crippen LogP contribution in [0.4, 0.5) is 5.69 Å². The van der Waals surface area contributed by atoms with Gasteiger partial charge in [0.1, 0.15) is 6.04 Å². The number of carboxylic acid groups (broad SMARTS) is 1. The summed E-state index contributed by atoms with van der Waals surface area (Å²) in [6, 6.07) is 6.84. The summed E-state index contributed by atoms with van der Waals surface area (Å²) in [4.78, 5) is 11.1. The molecule has 0 aromatic heterocycles. The molecule has 0 radical (unpaired) electrons. The summed E-state index contributed by atoms with van der Waals surface area (Å²) in [6.45, 7) is 0.717. The molecule has 18 heavy (non-hydrogen) atoms. The van der Waals surface area contributed by atoms with Crippen LogP contribution in [-0.4, -0.2) is 44.6 Å². The van der Waals surface area contributed by atoms with E-state index in [0.29, 0.717) is 6.61 Å². The lowest BCUT2D eigenvalue weighted by molar-refractivity contribution is -0.139. The Morgan fingerprint density at radius 2 is 2.06 bits per heavy atom. The van der Waals surface area contributed by atoms with E-state index in [2.05, 4.69) is 5.32 Å². The lowest BCUT2D eigenvalue weighted by Crippen LogP contribution is -2.34. The van der Waals surface area contributed by atoms with E-state index in [9.17, 15) is 4.79 Å². The smallest absolute Gasteiger partial charge is 0.328 e. The van der Waals surface area contributed by atoms with Crippen molar-refractivity contribution in [2.24, 2.45) is 0 Å². The van der Waals surface area contributed by atoms with Crippen LogP contribution in [0.3, 0.4) is 0 Å². The third-order valence-electron chi connectivity index (χ3n) is 2.55. The van der Waals surface area contributed by atoms with Crippen LogP contribution >= 0.6 is 0 Å². The summed E-state index contributed by atoms with van der Waals surface area (Å²) in [5.74, 6) is -0.932. The van der Waals surface area contributed by atoms with Gasteiger partial charge in [-0.05, 0) is 18.1 Å². The van der Waals surface area contributed by atoms with Gasteiger partial charge in [0.2, 0.25) is 0 Å². The van der Waals surface area contributed by atoms with Gasteiger partial charge in [-0.1, -0.05) is 18.2 Å². The Balaban J connectivity index is 2.77. The lowest BCUT2D eigenvalue weighted by atomic mass is 10.1. The summed E-state index contributed by atoms with van der Waals surface area (Å²) in [5.41, 5.74) is 1.83. The second-order valence-electron chi connectivity index (χ2n) is 3.89. The molecule has 0 saturated carbocycles. The van der Waals surface area contributed by atoms with Gasteiger partial charge < -0.3 is 19.9 Å². The molecule has 0 bridgehead atoms. The molecule has 1 atom stereocenters. The number of methoxy groups -OCH3 is 2. The van der Waals surface area contributed by atoms with Crippen LogP contribution in [0.2, 0.25) is 0 Å². The molecule has 1 aromatic carbocycles. The highest BCUT2D eigenvalue weighted by atomic mass is 16.5. The highest BCUT2D eigenvalue weighted by Crippen LogP contribution is 2.17. The topological polar surface area (TPSA) is 67.8 Å². The predicted molar refractivity (Wildman–Crippen MR) is 68.9 cm³/mol. The van der Waals surface area contributed by atoms with E-state index in [4.69, 9.17) is 14.6 Å². The largest absolute Gasteiger partial charge is 0.480 e. The molecule has 0 spiro atoms. The molecule has 100 valence electrons. The number of anilines is 1. The number of hydrogen-bond acceptors (Lipinski definition) is 4. The number of benzene rings is 1. The van der Waals surface area contributed by atoms with Gasteiger partial charge in [-0.25, -0.2) is 4.79 Å². The van der Waals surface area contributed by atoms with Crippen molar-refractivity contribution < 1.29 is 19.4 Å². The zero-order chi connectivity index (χ0) is 13.4. The van der Waals surface area contributed by atoms with E-state index in [1.54, 1.807) is 7.11 Å². The summed E-state index contributed by atoms with van der Waals surface area (Å²) in [5, 5.41) is 12.0. The number of hydrogen-bond donors (Lipinski definition) is 2. The first-order chi connectivity index (χ1) is 8.69. The average Bonchev–Trinajstić information content (AvgIpc) is 2.37. The highest BCUT2D eigenvalue weighted by Gasteiger charge is 2.17. The van der Waals surface area contributed by atoms with Crippen LogP contribution in [-0.2, 0) is 20.7 Å². The Hall–Kier alpha value is -1.59. The van der Waals surface area contributed by atoms with Gasteiger partial charge in [-0.15, -0.1) is 0 Å². The van der Waals surface area contributed by atoms with Crippen LogP contribution in [0.1, 0.15) is 5.56 Å². The van der Waals surface area contributed by atoms with Gasteiger partial charge in [0.15, 0.2) is 0 Å². The van der Waals surface area contributed by atoms with Crippen molar-refractivity contribution in [3.63, 3.8) is 0 Å². The van der Waals surface area contributed by atoms with E-state index >= 15 is 0 Å². The minimum absolute atomic E-state index is 0.119. The first-order valence-electron chi connectivity index (χ1n) is 5.74. The molecule has 0 fully saturated rings. The van der Waals surface area contributed by atoms with Crippen molar-refractivity contribution in [1.82, 2.24) is 0 Å². The number of carbonyl (C=O) groups is 1. The van der Waals surface area contributed by atoms with E-state index in [0.717, 1.165) is 17.7 Å². The van der Waals surface area contributed by atoms with E-state index < -0.39 is 12.0 Å². The maximum Gasteiger partial charge on any atom is 0.328 e. The number of rotatable bonds is 8. The monoisotopic (exact) mass is 253 g/mol. The third kappa shape index (κ3) is 4.35. The first kappa shape index (κ1) is 14.5. The number of ether oxygens (including phenoxy) is 2. The summed E-state index contributed by atoms with van der Waals surface area (Å²) in [6.07, 6.45) is 0.735. The Bertz CT molecular complexity index is 381. The molecule has 1 unspecified atom stereocenters. The Labute approximate surface area is 107 Å². The summed E-state index contributed by atoms with van der Waals surface area (Å²) >= 11 is 0. The van der Waals surface area contributed by atoms with Crippen molar-refractivity contribution >= 4 is 11.7 Å². The second kappa shape index (κ2) is 7.68. The molecule has 0 aliphatic carbocycles. The van der Waals surface area contributed by atoms with Crippen molar-refractivity contribution in [2.75, 3.05) is 32.8 Å². The molecule has 0 aliphatic heterocycles. The molecule has 1 aromatic rings. The fraction of sp³-hybridized carbons (Fsp3) is 0.462. The quantitative estimate of drug-likeness (QED) is 0.732. The minimum Gasteiger partial charge on any atom is -0.480 e. The molecule has 5 nitrogen and oxygen atoms in total. The van der Waals surface area contributed by atoms with Crippen molar-refractivity contribution in [1.29, 1.82) is 0 Å². The van der Waals surface area contributed by atoms with E-state index in [1.807, 2.05) is 24.3 Å². The number of para-hydroxylation sites is 1. The molecule has 5 heteroatoms. The van der Waals surface area contributed by atoms with Gasteiger partial charge in [0.25, 0.3) is 0 Å². The van der Waals surface area contributed by atoms with E-state index in [1.165, 1.54) is 7.11 Å². The SMILES string of the molecule is COCCc1ccccc1NC(COC)C(=O)O. The molecule has 1 rings (SSSR count). The molecular formula is C13H19NO4. The summed E-state index contributed by atoms with van der Waals surface area (Å²) in [7, 11) is 3.12. The van der Waals surface area contributed by atoms with Crippen LogP contribution in [0, 0.1) is 0 Å². The fourth-order valence-electron chi connectivity index (χ4n) is 1.62. The maximum atomic E-state index is 11.1. The summed E-state index contributed by atoms with van der Waals surface area (Å²) < 4.78 is 9.92. The lowest BCUT2D eigenvalue weighted by Gasteiger charge is -2.17. The van der Waals surface area contributed by atoms with Gasteiger partial charge in [0.05, 0.1) is 13.2 Å². The van der Waals surface area contributed by atoms with Gasteiger partial charge in [-0.3, -0.25) is 0 Å². The molecule has 0 amide bonds. The maximum absolute atomic E-state index is 11.1. The van der Waals surface area contributed by atoms with Gasteiger partial charge >= 0.3 is 5.97 Å². The zero-order valence-corrected chi connectivity index (χ0v) is 10.7. The normalized spacial score (nSPS) is 12.1. The molecule has 0 saturated heterocycles. The highest BCUT2D eigenvalue weighted by molar-refractivity contribution is 5.78. The second-order valence-corrected chi connectivity index (χ2v) is 3.89. The van der Waals surface area contributed by atoms with E-state index in [-0.39, 0.29) is 6.61 Å². The van der Waals surface area contributed by atoms with Crippen molar-refractivity contribution in [3.8, 4) is 0 Å². The van der Waals surface area contributed by atoms with Gasteiger partial charge in [0, 0.05) is 19.9 Å². The third-order valence-corrected chi connectivity index (χ3v) is 2.55. The number of carboxylic acids is 1. The van der Waals surface area contributed by atoms with Crippen molar-refractivity contribution in [3.05, 3.63) is 29.8 Å².